The molecular weight excluding hydrogens is 336 g/mol. The van der Waals surface area contributed by atoms with Crippen LogP contribution in [0.1, 0.15) is 30.4 Å². The van der Waals surface area contributed by atoms with E-state index in [1.807, 2.05) is 36.4 Å². The molecule has 0 saturated carbocycles. The van der Waals surface area contributed by atoms with E-state index in [2.05, 4.69) is 41.9 Å². The van der Waals surface area contributed by atoms with E-state index in [9.17, 15) is 0 Å². The lowest BCUT2D eigenvalue weighted by Gasteiger charge is -2.32. The van der Waals surface area contributed by atoms with Gasteiger partial charge in [0.15, 0.2) is 0 Å². The first-order chi connectivity index (χ1) is 9.46. The van der Waals surface area contributed by atoms with Crippen LogP contribution in [-0.4, -0.2) is 7.11 Å². The van der Waals surface area contributed by atoms with Gasteiger partial charge in [-0.3, -0.25) is 0 Å². The zero-order valence-electron chi connectivity index (χ0n) is 11.9. The molecule has 20 heavy (non-hydrogen) atoms. The lowest BCUT2D eigenvalue weighted by molar-refractivity contribution is 0.400. The lowest BCUT2D eigenvalue weighted by Crippen LogP contribution is -2.23. The van der Waals surface area contributed by atoms with Crippen LogP contribution in [0.5, 0.6) is 5.75 Å². The normalized spacial score (nSPS) is 13.1. The van der Waals surface area contributed by atoms with Gasteiger partial charge < -0.3 is 4.74 Å². The van der Waals surface area contributed by atoms with E-state index in [-0.39, 0.29) is 10.8 Å². The topological polar surface area (TPSA) is 9.23 Å². The average Bonchev–Trinajstić information content (AvgIpc) is 2.47. The number of ether oxygens (including phenoxy) is 1. The zero-order chi connectivity index (χ0) is 14.8. The van der Waals surface area contributed by atoms with Gasteiger partial charge >= 0.3 is 0 Å². The minimum absolute atomic E-state index is 0.183. The molecule has 1 unspecified atom stereocenters. The lowest BCUT2D eigenvalue weighted by atomic mass is 9.78. The van der Waals surface area contributed by atoms with Crippen LogP contribution >= 0.6 is 27.5 Å². The molecule has 2 aromatic rings. The Morgan fingerprint density at radius 2 is 1.75 bits per heavy atom. The Labute approximate surface area is 134 Å². The number of hydrogen-bond acceptors (Lipinski definition) is 1. The SMILES string of the molecule is COc1ccc(Br)cc1C(Cl)C(C)(C)c1ccccc1. The van der Waals surface area contributed by atoms with Gasteiger partial charge in [-0.25, -0.2) is 0 Å². The molecule has 0 saturated heterocycles. The average molecular weight is 354 g/mol. The third kappa shape index (κ3) is 3.02. The summed E-state index contributed by atoms with van der Waals surface area (Å²) in [5.74, 6) is 0.817. The van der Waals surface area contributed by atoms with Gasteiger partial charge in [-0.1, -0.05) is 60.1 Å². The first-order valence-corrected chi connectivity index (χ1v) is 7.73. The second-order valence-electron chi connectivity index (χ2n) is 5.34. The number of benzene rings is 2. The molecule has 0 fully saturated rings. The van der Waals surface area contributed by atoms with Crippen LogP contribution in [-0.2, 0) is 5.41 Å². The molecule has 0 bridgehead atoms. The summed E-state index contributed by atoms with van der Waals surface area (Å²) < 4.78 is 6.45. The van der Waals surface area contributed by atoms with Crippen LogP contribution in [0.4, 0.5) is 0 Å². The van der Waals surface area contributed by atoms with Crippen molar-refractivity contribution in [2.75, 3.05) is 7.11 Å². The molecule has 3 heteroatoms. The highest BCUT2D eigenvalue weighted by atomic mass is 79.9. The Balaban J connectivity index is 2.45. The molecule has 106 valence electrons. The quantitative estimate of drug-likeness (QED) is 0.639. The van der Waals surface area contributed by atoms with Gasteiger partial charge in [-0.05, 0) is 23.8 Å². The van der Waals surface area contributed by atoms with Gasteiger partial charge in [0.05, 0.1) is 12.5 Å². The number of rotatable bonds is 4. The Bertz CT molecular complexity index is 581. The summed E-state index contributed by atoms with van der Waals surface area (Å²) >= 11 is 10.3. The predicted molar refractivity (Wildman–Crippen MR) is 88.8 cm³/mol. The van der Waals surface area contributed by atoms with Crippen LogP contribution in [0.25, 0.3) is 0 Å². The largest absolute Gasteiger partial charge is 0.496 e. The smallest absolute Gasteiger partial charge is 0.123 e. The van der Waals surface area contributed by atoms with Crippen molar-refractivity contribution in [2.24, 2.45) is 0 Å². The summed E-state index contributed by atoms with van der Waals surface area (Å²) in [4.78, 5) is 0. The fourth-order valence-electron chi connectivity index (χ4n) is 2.31. The third-order valence-corrected chi connectivity index (χ3v) is 4.89. The van der Waals surface area contributed by atoms with Crippen molar-refractivity contribution in [3.8, 4) is 5.75 Å². The first kappa shape index (κ1) is 15.4. The highest BCUT2D eigenvalue weighted by Gasteiger charge is 2.32. The highest BCUT2D eigenvalue weighted by molar-refractivity contribution is 9.10. The molecule has 0 aliphatic heterocycles. The van der Waals surface area contributed by atoms with E-state index in [0.717, 1.165) is 15.8 Å². The molecule has 0 aromatic heterocycles. The van der Waals surface area contributed by atoms with Crippen molar-refractivity contribution in [3.05, 3.63) is 64.1 Å². The van der Waals surface area contributed by atoms with E-state index in [0.29, 0.717) is 0 Å². The van der Waals surface area contributed by atoms with Crippen molar-refractivity contribution in [1.82, 2.24) is 0 Å². The fourth-order valence-corrected chi connectivity index (χ4v) is 2.98. The molecule has 0 N–H and O–H groups in total. The second kappa shape index (κ2) is 6.19. The minimum Gasteiger partial charge on any atom is -0.496 e. The van der Waals surface area contributed by atoms with Gasteiger partial charge in [0.1, 0.15) is 5.75 Å². The Hall–Kier alpha value is -0.990. The first-order valence-electron chi connectivity index (χ1n) is 6.50. The maximum Gasteiger partial charge on any atom is 0.123 e. The molecule has 0 heterocycles. The van der Waals surface area contributed by atoms with Crippen LogP contribution in [0.2, 0.25) is 0 Å². The Morgan fingerprint density at radius 3 is 2.35 bits per heavy atom. The van der Waals surface area contributed by atoms with Gasteiger partial charge in [0, 0.05) is 15.5 Å². The van der Waals surface area contributed by atoms with E-state index in [1.165, 1.54) is 5.56 Å². The summed E-state index contributed by atoms with van der Waals surface area (Å²) in [6, 6.07) is 16.2. The van der Waals surface area contributed by atoms with Crippen LogP contribution in [0.15, 0.2) is 53.0 Å². The summed E-state index contributed by atoms with van der Waals surface area (Å²) in [6.45, 7) is 4.31. The van der Waals surface area contributed by atoms with E-state index < -0.39 is 0 Å². The monoisotopic (exact) mass is 352 g/mol. The van der Waals surface area contributed by atoms with Gasteiger partial charge in [0.2, 0.25) is 0 Å². The number of methoxy groups -OCH3 is 1. The molecular formula is C17H18BrClO. The standard InChI is InChI=1S/C17H18BrClO/c1-17(2,12-7-5-4-6-8-12)16(19)14-11-13(18)9-10-15(14)20-3/h4-11,16H,1-3H3. The molecule has 2 rings (SSSR count). The van der Waals surface area contributed by atoms with Crippen LogP contribution in [0, 0.1) is 0 Å². The molecule has 1 nitrogen and oxygen atoms in total. The van der Waals surface area contributed by atoms with Gasteiger partial charge in [0.25, 0.3) is 0 Å². The van der Waals surface area contributed by atoms with Crippen molar-refractivity contribution in [2.45, 2.75) is 24.6 Å². The van der Waals surface area contributed by atoms with Crippen molar-refractivity contribution >= 4 is 27.5 Å². The second-order valence-corrected chi connectivity index (χ2v) is 6.69. The summed E-state index contributed by atoms with van der Waals surface area (Å²) in [7, 11) is 1.67. The van der Waals surface area contributed by atoms with Crippen molar-refractivity contribution in [1.29, 1.82) is 0 Å². The molecule has 0 radical (unpaired) electrons. The third-order valence-electron chi connectivity index (χ3n) is 3.62. The molecule has 0 spiro atoms. The molecule has 0 amide bonds. The van der Waals surface area contributed by atoms with Gasteiger partial charge in [-0.15, -0.1) is 11.6 Å². The Morgan fingerprint density at radius 1 is 1.10 bits per heavy atom. The van der Waals surface area contributed by atoms with E-state index in [1.54, 1.807) is 7.11 Å². The van der Waals surface area contributed by atoms with E-state index >= 15 is 0 Å². The van der Waals surface area contributed by atoms with E-state index in [4.69, 9.17) is 16.3 Å². The zero-order valence-corrected chi connectivity index (χ0v) is 14.2. The summed E-state index contributed by atoms with van der Waals surface area (Å²) in [5, 5.41) is -0.183. The van der Waals surface area contributed by atoms with Crippen LogP contribution < -0.4 is 4.74 Å². The maximum atomic E-state index is 6.79. The molecule has 2 aromatic carbocycles. The maximum absolute atomic E-state index is 6.79. The predicted octanol–water partition coefficient (Wildman–Crippen LogP) is 5.72. The number of halogens is 2. The van der Waals surface area contributed by atoms with Gasteiger partial charge in [-0.2, -0.15) is 0 Å². The van der Waals surface area contributed by atoms with Crippen LogP contribution in [0.3, 0.4) is 0 Å². The number of alkyl halides is 1. The van der Waals surface area contributed by atoms with Crippen molar-refractivity contribution < 1.29 is 4.74 Å². The summed E-state index contributed by atoms with van der Waals surface area (Å²) in [5.41, 5.74) is 2.01. The minimum atomic E-state index is -0.198. The molecule has 1 atom stereocenters. The summed E-state index contributed by atoms with van der Waals surface area (Å²) in [6.07, 6.45) is 0. The molecule has 0 aliphatic rings. The number of hydrogen-bond donors (Lipinski definition) is 0. The Kier molecular flexibility index (Phi) is 4.77. The highest BCUT2D eigenvalue weighted by Crippen LogP contribution is 2.45. The van der Waals surface area contributed by atoms with Crippen molar-refractivity contribution in [3.63, 3.8) is 0 Å². The molecule has 0 aliphatic carbocycles. The fraction of sp³-hybridized carbons (Fsp3) is 0.294.